The maximum Gasteiger partial charge on any atom is 0.219 e. The number of likely N-dealkylation sites (tertiary alicyclic amines) is 1. The van der Waals surface area contributed by atoms with E-state index < -0.39 is 6.23 Å². The SMILES string of the molecule is CC(=O)N1CCC(CC(O)N2CCN(C(c3ccc(Cl)cc3)c3cc4ccccc4s3)C[C@@H]2C(C)C)CC1. The molecular formula is C31H40ClN3O2S. The zero-order valence-electron chi connectivity index (χ0n) is 22.7. The summed E-state index contributed by atoms with van der Waals surface area (Å²) in [4.78, 5) is 19.9. The summed E-state index contributed by atoms with van der Waals surface area (Å²) in [5, 5.41) is 13.5. The Kier molecular flexibility index (Phi) is 8.75. The number of carbonyl (C=O) groups excluding carboxylic acids is 1. The van der Waals surface area contributed by atoms with Crippen LogP contribution in [-0.4, -0.2) is 70.7 Å². The first-order valence-corrected chi connectivity index (χ1v) is 15.2. The number of hydrogen-bond donors (Lipinski definition) is 1. The normalized spacial score (nSPS) is 21.7. The van der Waals surface area contributed by atoms with Crippen LogP contribution in [0.1, 0.15) is 56.5 Å². The molecule has 204 valence electrons. The van der Waals surface area contributed by atoms with Crippen molar-refractivity contribution in [3.63, 3.8) is 0 Å². The molecule has 0 spiro atoms. The molecule has 2 aliphatic rings. The van der Waals surface area contributed by atoms with Crippen molar-refractivity contribution in [2.75, 3.05) is 32.7 Å². The Labute approximate surface area is 236 Å². The highest BCUT2D eigenvalue weighted by Crippen LogP contribution is 2.39. The van der Waals surface area contributed by atoms with E-state index in [2.05, 4.69) is 66.1 Å². The third-order valence-corrected chi connectivity index (χ3v) is 9.93. The van der Waals surface area contributed by atoms with E-state index in [1.807, 2.05) is 28.4 Å². The molecule has 1 N–H and O–H groups in total. The average molecular weight is 554 g/mol. The number of benzene rings is 2. The summed E-state index contributed by atoms with van der Waals surface area (Å²) >= 11 is 8.14. The third-order valence-electron chi connectivity index (χ3n) is 8.51. The molecule has 1 amide bonds. The number of fused-ring (bicyclic) bond motifs is 1. The average Bonchev–Trinajstić information content (AvgIpc) is 3.33. The molecule has 2 unspecified atom stereocenters. The largest absolute Gasteiger partial charge is 0.378 e. The third kappa shape index (κ3) is 6.10. The van der Waals surface area contributed by atoms with Gasteiger partial charge >= 0.3 is 0 Å². The van der Waals surface area contributed by atoms with Crippen LogP contribution in [0.25, 0.3) is 10.1 Å². The van der Waals surface area contributed by atoms with Gasteiger partial charge < -0.3 is 10.0 Å². The van der Waals surface area contributed by atoms with Crippen LogP contribution in [0.2, 0.25) is 5.02 Å². The van der Waals surface area contributed by atoms with Crippen molar-refractivity contribution in [1.29, 1.82) is 0 Å². The molecule has 0 saturated carbocycles. The molecule has 3 heterocycles. The lowest BCUT2D eigenvalue weighted by molar-refractivity contribution is -0.130. The summed E-state index contributed by atoms with van der Waals surface area (Å²) in [5.74, 6) is 1.04. The van der Waals surface area contributed by atoms with Gasteiger partial charge in [-0.25, -0.2) is 0 Å². The zero-order valence-corrected chi connectivity index (χ0v) is 24.3. The van der Waals surface area contributed by atoms with Gasteiger partial charge in [-0.05, 0) is 66.3 Å². The van der Waals surface area contributed by atoms with Crippen molar-refractivity contribution in [1.82, 2.24) is 14.7 Å². The van der Waals surface area contributed by atoms with Gasteiger partial charge in [-0.3, -0.25) is 14.6 Å². The molecular weight excluding hydrogens is 514 g/mol. The van der Waals surface area contributed by atoms with E-state index in [4.69, 9.17) is 11.6 Å². The van der Waals surface area contributed by atoms with E-state index >= 15 is 0 Å². The Morgan fingerprint density at radius 3 is 2.42 bits per heavy atom. The maximum atomic E-state index is 11.7. The summed E-state index contributed by atoms with van der Waals surface area (Å²) in [6.07, 6.45) is 2.30. The van der Waals surface area contributed by atoms with E-state index in [0.29, 0.717) is 11.8 Å². The highest BCUT2D eigenvalue weighted by atomic mass is 35.5. The molecule has 2 saturated heterocycles. The topological polar surface area (TPSA) is 47.0 Å². The number of piperidine rings is 1. The molecule has 0 radical (unpaired) electrons. The molecule has 0 bridgehead atoms. The number of rotatable bonds is 7. The zero-order chi connectivity index (χ0) is 26.8. The number of thiophene rings is 1. The lowest BCUT2D eigenvalue weighted by Gasteiger charge is -2.48. The second kappa shape index (κ2) is 12.1. The van der Waals surface area contributed by atoms with E-state index in [0.717, 1.165) is 57.0 Å². The molecule has 0 aliphatic carbocycles. The predicted octanol–water partition coefficient (Wildman–Crippen LogP) is 6.25. The smallest absolute Gasteiger partial charge is 0.219 e. The summed E-state index contributed by atoms with van der Waals surface area (Å²) in [7, 11) is 0. The van der Waals surface area contributed by atoms with Gasteiger partial charge in [-0.1, -0.05) is 55.8 Å². The van der Waals surface area contributed by atoms with Crippen LogP contribution in [-0.2, 0) is 4.79 Å². The molecule has 5 rings (SSSR count). The summed E-state index contributed by atoms with van der Waals surface area (Å²) in [6.45, 7) is 10.5. The van der Waals surface area contributed by atoms with Gasteiger partial charge in [-0.2, -0.15) is 0 Å². The molecule has 3 atom stereocenters. The Morgan fingerprint density at radius 1 is 1.05 bits per heavy atom. The van der Waals surface area contributed by atoms with E-state index in [1.54, 1.807) is 6.92 Å². The minimum atomic E-state index is -0.447. The molecule has 1 aromatic heterocycles. The molecule has 2 fully saturated rings. The highest BCUT2D eigenvalue weighted by Gasteiger charge is 2.38. The number of amides is 1. The van der Waals surface area contributed by atoms with Crippen LogP contribution in [0.15, 0.2) is 54.6 Å². The van der Waals surface area contributed by atoms with Crippen molar-refractivity contribution in [3.05, 3.63) is 70.1 Å². The van der Waals surface area contributed by atoms with Crippen LogP contribution in [0.3, 0.4) is 0 Å². The monoisotopic (exact) mass is 553 g/mol. The number of halogens is 1. The first kappa shape index (κ1) is 27.6. The van der Waals surface area contributed by atoms with Crippen LogP contribution < -0.4 is 0 Å². The van der Waals surface area contributed by atoms with E-state index in [1.165, 1.54) is 20.5 Å². The van der Waals surface area contributed by atoms with E-state index in [-0.39, 0.29) is 18.0 Å². The van der Waals surface area contributed by atoms with Crippen LogP contribution in [0.4, 0.5) is 0 Å². The van der Waals surface area contributed by atoms with Crippen molar-refractivity contribution < 1.29 is 9.90 Å². The molecule has 5 nitrogen and oxygen atoms in total. The number of piperazine rings is 1. The Bertz CT molecular complexity index is 1190. The number of nitrogens with zero attached hydrogens (tertiary/aromatic N) is 3. The van der Waals surface area contributed by atoms with Gasteiger partial charge in [0, 0.05) is 60.3 Å². The molecule has 2 aromatic carbocycles. The summed E-state index contributed by atoms with van der Waals surface area (Å²) in [5.41, 5.74) is 1.26. The molecule has 38 heavy (non-hydrogen) atoms. The quantitative estimate of drug-likeness (QED) is 0.375. The minimum Gasteiger partial charge on any atom is -0.378 e. The lowest BCUT2D eigenvalue weighted by Crippen LogP contribution is -2.59. The molecule has 7 heteroatoms. The van der Waals surface area contributed by atoms with Gasteiger partial charge in [0.05, 0.1) is 6.04 Å². The van der Waals surface area contributed by atoms with Crippen LogP contribution >= 0.6 is 22.9 Å². The van der Waals surface area contributed by atoms with E-state index in [9.17, 15) is 9.90 Å². The number of hydrogen-bond acceptors (Lipinski definition) is 5. The fourth-order valence-corrected chi connectivity index (χ4v) is 7.65. The first-order chi connectivity index (χ1) is 18.3. The second-order valence-corrected chi connectivity index (χ2v) is 12.9. The molecule has 3 aromatic rings. The van der Waals surface area contributed by atoms with Gasteiger partial charge in [0.15, 0.2) is 0 Å². The Morgan fingerprint density at radius 2 is 1.76 bits per heavy atom. The predicted molar refractivity (Wildman–Crippen MR) is 158 cm³/mol. The fraction of sp³-hybridized carbons (Fsp3) is 0.516. The lowest BCUT2D eigenvalue weighted by atomic mass is 9.90. The number of carbonyl (C=O) groups is 1. The van der Waals surface area contributed by atoms with Gasteiger partial charge in [0.25, 0.3) is 0 Å². The number of aliphatic hydroxyl groups excluding tert-OH is 1. The highest BCUT2D eigenvalue weighted by molar-refractivity contribution is 7.19. The van der Waals surface area contributed by atoms with Crippen LogP contribution in [0.5, 0.6) is 0 Å². The summed E-state index contributed by atoms with van der Waals surface area (Å²) < 4.78 is 1.31. The van der Waals surface area contributed by atoms with Crippen molar-refractivity contribution in [2.24, 2.45) is 11.8 Å². The minimum absolute atomic E-state index is 0.154. The second-order valence-electron chi connectivity index (χ2n) is 11.4. The first-order valence-electron chi connectivity index (χ1n) is 14.0. The van der Waals surface area contributed by atoms with Gasteiger partial charge in [-0.15, -0.1) is 11.3 Å². The standard InChI is InChI=1S/C31H40ClN3O2S/c1-21(2)27-20-34(16-17-35(27)30(37)18-23-12-14-33(15-13-23)22(3)36)31(24-8-10-26(32)11-9-24)29-19-25-6-4-5-7-28(25)38-29/h4-11,19,21,23,27,30-31,37H,12-18,20H2,1-3H3/t27-,30?,31?/m1/s1. The Balaban J connectivity index is 1.34. The molecule has 2 aliphatic heterocycles. The van der Waals surface area contributed by atoms with Crippen molar-refractivity contribution in [3.8, 4) is 0 Å². The van der Waals surface area contributed by atoms with Crippen molar-refractivity contribution in [2.45, 2.75) is 58.3 Å². The van der Waals surface area contributed by atoms with Gasteiger partial charge in [0.1, 0.15) is 6.23 Å². The van der Waals surface area contributed by atoms with Gasteiger partial charge in [0.2, 0.25) is 5.91 Å². The number of aliphatic hydroxyl groups is 1. The van der Waals surface area contributed by atoms with Crippen molar-refractivity contribution >= 4 is 38.9 Å². The fourth-order valence-electron chi connectivity index (χ4n) is 6.30. The summed E-state index contributed by atoms with van der Waals surface area (Å²) in [6, 6.07) is 19.7. The van der Waals surface area contributed by atoms with Crippen LogP contribution in [0, 0.1) is 11.8 Å². The maximum absolute atomic E-state index is 11.7. The Hall–Kier alpha value is -1.96.